The molecule has 1 fully saturated rings. The molecular weight excluding hydrogens is 278 g/mol. The Bertz CT molecular complexity index is 785. The maximum absolute atomic E-state index is 8.82. The number of nitrogens with zero attached hydrogens (tertiary/aromatic N) is 3. The minimum Gasteiger partial charge on any atom is -0.361 e. The number of piperidine rings is 1. The van der Waals surface area contributed by atoms with Crippen LogP contribution in [0.2, 0.25) is 0 Å². The highest BCUT2D eigenvalue weighted by Crippen LogP contribution is 2.41. The number of fused-ring (bicyclic) bond motifs is 2. The molecule has 2 heterocycles. The average molecular weight is 293 g/mol. The van der Waals surface area contributed by atoms with Crippen LogP contribution in [0.5, 0.6) is 0 Å². The van der Waals surface area contributed by atoms with E-state index >= 15 is 0 Å². The number of nitrogens with one attached hydrogen (secondary N) is 2. The lowest BCUT2D eigenvalue weighted by Crippen LogP contribution is -2.50. The van der Waals surface area contributed by atoms with Crippen LogP contribution >= 0.6 is 0 Å². The van der Waals surface area contributed by atoms with Gasteiger partial charge in [0.15, 0.2) is 0 Å². The fraction of sp³-hybridized carbons (Fsp3) is 0.375. The van der Waals surface area contributed by atoms with Gasteiger partial charge in [-0.05, 0) is 30.0 Å². The van der Waals surface area contributed by atoms with Crippen LogP contribution in [0.4, 0.5) is 0 Å². The molecule has 4 rings (SSSR count). The Morgan fingerprint density at radius 3 is 2.95 bits per heavy atom. The van der Waals surface area contributed by atoms with Crippen LogP contribution in [0.15, 0.2) is 24.4 Å². The number of hydrogen-bond acceptors (Lipinski definition) is 5. The highest BCUT2D eigenvalue weighted by molar-refractivity contribution is 5.88. The molecule has 0 radical (unpaired) electrons. The molecule has 2 N–H and O–H groups in total. The molecule has 2 aromatic rings. The second kappa shape index (κ2) is 5.03. The van der Waals surface area contributed by atoms with Crippen LogP contribution in [-0.2, 0) is 11.3 Å². The third-order valence-corrected chi connectivity index (χ3v) is 4.71. The van der Waals surface area contributed by atoms with Crippen molar-refractivity contribution in [1.29, 1.82) is 10.5 Å². The number of aromatic nitrogens is 1. The predicted octanol–water partition coefficient (Wildman–Crippen LogP) is 1.73. The number of aromatic amines is 1. The van der Waals surface area contributed by atoms with Gasteiger partial charge in [0, 0.05) is 35.6 Å². The Labute approximate surface area is 127 Å². The van der Waals surface area contributed by atoms with Crippen molar-refractivity contribution < 1.29 is 4.84 Å². The number of benzene rings is 1. The zero-order chi connectivity index (χ0) is 15.1. The number of hydrogen-bond donors (Lipinski definition) is 2. The molecule has 0 spiro atoms. The average Bonchev–Trinajstić information content (AvgIpc) is 2.97. The zero-order valence-electron chi connectivity index (χ0n) is 11.9. The van der Waals surface area contributed by atoms with E-state index in [1.165, 1.54) is 22.0 Å². The SMILES string of the molecule is N#CN(C#N)OC1CNC2Cc3c[nH]c4cccc(c34)C2C1. The lowest BCUT2D eigenvalue weighted by atomic mass is 9.75. The monoisotopic (exact) mass is 293 g/mol. The van der Waals surface area contributed by atoms with Crippen molar-refractivity contribution in [2.45, 2.75) is 30.9 Å². The van der Waals surface area contributed by atoms with E-state index in [-0.39, 0.29) is 6.10 Å². The van der Waals surface area contributed by atoms with Crippen LogP contribution in [0.25, 0.3) is 10.9 Å². The van der Waals surface area contributed by atoms with Crippen LogP contribution in [-0.4, -0.2) is 28.7 Å². The molecule has 1 aliphatic carbocycles. The van der Waals surface area contributed by atoms with Gasteiger partial charge >= 0.3 is 0 Å². The maximum Gasteiger partial charge on any atom is 0.221 e. The van der Waals surface area contributed by atoms with E-state index < -0.39 is 0 Å². The first-order valence-corrected chi connectivity index (χ1v) is 7.38. The standard InChI is InChI=1S/C16H15N5O/c17-8-21(9-18)22-11-5-13-12-2-1-3-14-16(12)10(6-19-14)4-15(13)20-7-11/h1-3,6,11,13,15,19-20H,4-5,7H2. The van der Waals surface area contributed by atoms with Crippen molar-refractivity contribution in [3.8, 4) is 12.4 Å². The van der Waals surface area contributed by atoms with E-state index in [1.807, 2.05) is 0 Å². The summed E-state index contributed by atoms with van der Waals surface area (Å²) in [5.74, 6) is 0.338. The van der Waals surface area contributed by atoms with Crippen LogP contribution < -0.4 is 5.32 Å². The van der Waals surface area contributed by atoms with Crippen molar-refractivity contribution in [3.05, 3.63) is 35.5 Å². The zero-order valence-corrected chi connectivity index (χ0v) is 11.9. The van der Waals surface area contributed by atoms with Crippen molar-refractivity contribution in [1.82, 2.24) is 15.4 Å². The van der Waals surface area contributed by atoms with Gasteiger partial charge in [-0.3, -0.25) is 0 Å². The van der Waals surface area contributed by atoms with E-state index in [1.54, 1.807) is 12.4 Å². The number of hydroxylamine groups is 2. The minimum absolute atomic E-state index is 0.170. The quantitative estimate of drug-likeness (QED) is 0.500. The van der Waals surface area contributed by atoms with Gasteiger partial charge in [-0.15, -0.1) is 0 Å². The van der Waals surface area contributed by atoms with Gasteiger partial charge in [-0.1, -0.05) is 17.2 Å². The molecule has 3 unspecified atom stereocenters. The lowest BCUT2D eigenvalue weighted by Gasteiger charge is -2.40. The topological polar surface area (TPSA) is 87.9 Å². The molecular formula is C16H15N5O. The van der Waals surface area contributed by atoms with Gasteiger partial charge in [-0.2, -0.15) is 10.5 Å². The number of H-pyrrole nitrogens is 1. The van der Waals surface area contributed by atoms with Gasteiger partial charge < -0.3 is 10.3 Å². The number of nitriles is 2. The molecule has 6 nitrogen and oxygen atoms in total. The van der Waals surface area contributed by atoms with Gasteiger partial charge in [0.05, 0.1) is 0 Å². The molecule has 0 saturated carbocycles. The summed E-state index contributed by atoms with van der Waals surface area (Å²) in [4.78, 5) is 8.78. The predicted molar refractivity (Wildman–Crippen MR) is 79.1 cm³/mol. The summed E-state index contributed by atoms with van der Waals surface area (Å²) >= 11 is 0. The Morgan fingerprint density at radius 2 is 2.14 bits per heavy atom. The van der Waals surface area contributed by atoms with Crippen molar-refractivity contribution in [2.75, 3.05) is 6.54 Å². The van der Waals surface area contributed by atoms with Crippen molar-refractivity contribution in [2.24, 2.45) is 0 Å². The van der Waals surface area contributed by atoms with Gasteiger partial charge in [-0.25, -0.2) is 4.84 Å². The van der Waals surface area contributed by atoms with Crippen LogP contribution in [0.1, 0.15) is 23.5 Å². The van der Waals surface area contributed by atoms with Crippen LogP contribution in [0, 0.1) is 22.9 Å². The van der Waals surface area contributed by atoms with Crippen molar-refractivity contribution >= 4 is 10.9 Å². The fourth-order valence-corrected chi connectivity index (χ4v) is 3.81. The smallest absolute Gasteiger partial charge is 0.221 e. The second-order valence-corrected chi connectivity index (χ2v) is 5.87. The summed E-state index contributed by atoms with van der Waals surface area (Å²) in [6, 6.07) is 6.72. The Morgan fingerprint density at radius 1 is 1.27 bits per heavy atom. The molecule has 1 aromatic carbocycles. The summed E-state index contributed by atoms with van der Waals surface area (Å²) in [5, 5.41) is 23.2. The second-order valence-electron chi connectivity index (χ2n) is 5.87. The molecule has 2 aliphatic rings. The van der Waals surface area contributed by atoms with E-state index in [0.717, 1.165) is 12.8 Å². The van der Waals surface area contributed by atoms with Crippen LogP contribution in [0.3, 0.4) is 0 Å². The summed E-state index contributed by atoms with van der Waals surface area (Å²) in [6.45, 7) is 0.650. The normalized spacial score (nSPS) is 26.0. The molecule has 0 amide bonds. The first-order valence-electron chi connectivity index (χ1n) is 7.38. The third-order valence-electron chi connectivity index (χ3n) is 4.71. The summed E-state index contributed by atoms with van der Waals surface area (Å²) in [7, 11) is 0. The van der Waals surface area contributed by atoms with E-state index in [0.29, 0.717) is 23.6 Å². The largest absolute Gasteiger partial charge is 0.361 e. The highest BCUT2D eigenvalue weighted by Gasteiger charge is 2.37. The lowest BCUT2D eigenvalue weighted by molar-refractivity contribution is -0.129. The molecule has 1 aromatic heterocycles. The molecule has 6 heteroatoms. The summed E-state index contributed by atoms with van der Waals surface area (Å²) < 4.78 is 0. The maximum atomic E-state index is 8.82. The molecule has 0 bridgehead atoms. The first kappa shape index (κ1) is 13.1. The molecule has 3 atom stereocenters. The summed E-state index contributed by atoms with van der Waals surface area (Å²) in [5.41, 5.74) is 3.85. The van der Waals surface area contributed by atoms with E-state index in [4.69, 9.17) is 15.4 Å². The number of rotatable bonds is 2. The molecule has 22 heavy (non-hydrogen) atoms. The Balaban J connectivity index is 1.65. The first-order chi connectivity index (χ1) is 10.8. The van der Waals surface area contributed by atoms with Gasteiger partial charge in [0.2, 0.25) is 12.4 Å². The van der Waals surface area contributed by atoms with Gasteiger partial charge in [0.1, 0.15) is 6.10 Å². The molecule has 1 saturated heterocycles. The Hall–Kier alpha value is -2.54. The van der Waals surface area contributed by atoms with Crippen molar-refractivity contribution in [3.63, 3.8) is 0 Å². The highest BCUT2D eigenvalue weighted by atomic mass is 16.7. The van der Waals surface area contributed by atoms with Gasteiger partial charge in [0.25, 0.3) is 0 Å². The fourth-order valence-electron chi connectivity index (χ4n) is 3.81. The van der Waals surface area contributed by atoms with E-state index in [9.17, 15) is 0 Å². The van der Waals surface area contributed by atoms with E-state index in [2.05, 4.69) is 34.7 Å². The minimum atomic E-state index is -0.170. The summed E-state index contributed by atoms with van der Waals surface area (Å²) in [6.07, 6.45) is 7.17. The molecule has 1 aliphatic heterocycles. The molecule has 110 valence electrons. The Kier molecular flexibility index (Phi) is 3.00. The third kappa shape index (κ3) is 1.93.